The molecule has 0 aromatic carbocycles. The van der Waals surface area contributed by atoms with Crippen LogP contribution < -0.4 is 0 Å². The van der Waals surface area contributed by atoms with E-state index in [0.717, 1.165) is 30.4 Å². The maximum Gasteiger partial charge on any atom is 0.305 e. The molecule has 0 amide bonds. The second-order valence-corrected chi connectivity index (χ2v) is 9.72. The summed E-state index contributed by atoms with van der Waals surface area (Å²) < 4.78 is 17.9. The monoisotopic (exact) mass is 392 g/mol. The van der Waals surface area contributed by atoms with Crippen LogP contribution in [0.3, 0.4) is 0 Å². The third-order valence-corrected chi connectivity index (χ3v) is 7.53. The third-order valence-electron chi connectivity index (χ3n) is 7.53. The lowest BCUT2D eigenvalue weighted by molar-refractivity contribution is -0.309. The van der Waals surface area contributed by atoms with Gasteiger partial charge < -0.3 is 24.4 Å². The maximum atomic E-state index is 11.8. The standard InChI is InChI=1S/C22H32O6/c1-13-6-7-16-8-9-20-18(26-15(3)23)27-21(25,12-14(2)11-17(24)10-13)22(20,28-20)19(16,4)5/h11,16-18,24-25H,1,6-10,12H2,2-5H3/b14-11-/t16-,17+,18+,20-,21-,22-/m1/s1. The van der Waals surface area contributed by atoms with E-state index in [1.165, 1.54) is 6.92 Å². The van der Waals surface area contributed by atoms with E-state index in [1.54, 1.807) is 6.08 Å². The number of rotatable bonds is 1. The van der Waals surface area contributed by atoms with E-state index in [0.29, 0.717) is 18.8 Å². The molecule has 6 atom stereocenters. The number of aliphatic hydroxyl groups is 2. The van der Waals surface area contributed by atoms with Gasteiger partial charge in [0.05, 0.1) is 6.10 Å². The number of esters is 1. The van der Waals surface area contributed by atoms with Gasteiger partial charge in [0.25, 0.3) is 0 Å². The molecule has 0 unspecified atom stereocenters. The van der Waals surface area contributed by atoms with Gasteiger partial charge in [0.15, 0.2) is 11.2 Å². The van der Waals surface area contributed by atoms with Gasteiger partial charge in [0, 0.05) is 18.8 Å². The smallest absolute Gasteiger partial charge is 0.305 e. The fourth-order valence-electron chi connectivity index (χ4n) is 6.33. The SMILES string of the molecule is C=C1CC[C@@H]2CC[C@]34O[C@@]3(C2(C)C)[C@@](O)(C/C(C)=C\[C@@H](O)C1)O[C@@H]4OC(C)=O. The normalized spacial score (nSPS) is 49.1. The largest absolute Gasteiger partial charge is 0.432 e. The van der Waals surface area contributed by atoms with Crippen LogP contribution in [0.5, 0.6) is 0 Å². The van der Waals surface area contributed by atoms with Crippen LogP contribution in [0.1, 0.15) is 66.2 Å². The van der Waals surface area contributed by atoms with Crippen molar-refractivity contribution in [3.8, 4) is 0 Å². The first kappa shape index (κ1) is 20.1. The van der Waals surface area contributed by atoms with Crippen LogP contribution in [0, 0.1) is 11.3 Å². The fourth-order valence-corrected chi connectivity index (χ4v) is 6.33. The lowest BCUT2D eigenvalue weighted by Crippen LogP contribution is -2.59. The van der Waals surface area contributed by atoms with Gasteiger partial charge >= 0.3 is 5.97 Å². The number of epoxide rings is 1. The molecule has 0 aromatic rings. The van der Waals surface area contributed by atoms with Gasteiger partial charge in [-0.1, -0.05) is 37.6 Å². The molecule has 3 fully saturated rings. The van der Waals surface area contributed by atoms with Gasteiger partial charge in [-0.15, -0.1) is 0 Å². The van der Waals surface area contributed by atoms with E-state index in [1.807, 2.05) is 6.92 Å². The first-order chi connectivity index (χ1) is 13.0. The lowest BCUT2D eigenvalue weighted by Gasteiger charge is -2.47. The molecule has 2 aliphatic carbocycles. The summed E-state index contributed by atoms with van der Waals surface area (Å²) in [6.45, 7) is 11.6. The zero-order valence-corrected chi connectivity index (χ0v) is 17.3. The topological polar surface area (TPSA) is 88.5 Å². The number of ether oxygens (including phenoxy) is 3. The molecule has 1 saturated carbocycles. The van der Waals surface area contributed by atoms with Crippen LogP contribution in [0.25, 0.3) is 0 Å². The molecule has 6 nitrogen and oxygen atoms in total. The van der Waals surface area contributed by atoms with Gasteiger partial charge in [0.2, 0.25) is 12.1 Å². The van der Waals surface area contributed by atoms with Crippen molar-refractivity contribution in [3.63, 3.8) is 0 Å². The minimum atomic E-state index is -1.62. The van der Waals surface area contributed by atoms with E-state index >= 15 is 0 Å². The first-order valence-corrected chi connectivity index (χ1v) is 10.3. The number of fused-ring (bicyclic) bond motifs is 1. The predicted octanol–water partition coefficient (Wildman–Crippen LogP) is 2.98. The Labute approximate surface area is 166 Å². The van der Waals surface area contributed by atoms with E-state index in [-0.39, 0.29) is 11.8 Å². The van der Waals surface area contributed by atoms with Gasteiger partial charge in [-0.05, 0) is 44.9 Å². The summed E-state index contributed by atoms with van der Waals surface area (Å²) in [5, 5.41) is 22.1. The van der Waals surface area contributed by atoms with E-state index < -0.39 is 35.4 Å². The molecular weight excluding hydrogens is 360 g/mol. The summed E-state index contributed by atoms with van der Waals surface area (Å²) in [4.78, 5) is 11.7. The average molecular weight is 392 g/mol. The molecule has 2 heterocycles. The second kappa shape index (κ2) is 6.14. The second-order valence-electron chi connectivity index (χ2n) is 9.72. The molecule has 6 heteroatoms. The van der Waals surface area contributed by atoms with Gasteiger partial charge in [-0.2, -0.15) is 0 Å². The van der Waals surface area contributed by atoms with Crippen LogP contribution in [0.2, 0.25) is 0 Å². The summed E-state index contributed by atoms with van der Waals surface area (Å²) in [5.41, 5.74) is -0.296. The summed E-state index contributed by atoms with van der Waals surface area (Å²) in [6, 6.07) is 0. The Morgan fingerprint density at radius 2 is 2.07 bits per heavy atom. The van der Waals surface area contributed by atoms with Gasteiger partial charge in [-0.3, -0.25) is 4.79 Å². The molecule has 1 spiro atoms. The first-order valence-electron chi connectivity index (χ1n) is 10.3. The minimum Gasteiger partial charge on any atom is -0.432 e. The summed E-state index contributed by atoms with van der Waals surface area (Å²) in [6.07, 6.45) is 4.21. The highest BCUT2D eigenvalue weighted by atomic mass is 16.8. The molecule has 156 valence electrons. The van der Waals surface area contributed by atoms with E-state index in [4.69, 9.17) is 14.2 Å². The van der Waals surface area contributed by atoms with E-state index in [2.05, 4.69) is 20.4 Å². The number of carbonyl (C=O) groups excluding carboxylic acids is 1. The quantitative estimate of drug-likeness (QED) is 0.405. The summed E-state index contributed by atoms with van der Waals surface area (Å²) in [7, 11) is 0. The van der Waals surface area contributed by atoms with Gasteiger partial charge in [-0.25, -0.2) is 0 Å². The molecule has 0 aromatic heterocycles. The highest BCUT2D eigenvalue weighted by Gasteiger charge is 2.94. The van der Waals surface area contributed by atoms with Crippen molar-refractivity contribution in [1.29, 1.82) is 0 Å². The minimum absolute atomic E-state index is 0.187. The van der Waals surface area contributed by atoms with Crippen LogP contribution in [0.4, 0.5) is 0 Å². The Morgan fingerprint density at radius 1 is 1.36 bits per heavy atom. The molecular formula is C22H32O6. The summed E-state index contributed by atoms with van der Waals surface area (Å²) in [5.74, 6) is -1.78. The molecule has 2 aliphatic heterocycles. The van der Waals surface area contributed by atoms with Crippen LogP contribution >= 0.6 is 0 Å². The summed E-state index contributed by atoms with van der Waals surface area (Å²) >= 11 is 0. The average Bonchev–Trinajstić information content (AvgIpc) is 3.21. The number of aliphatic hydroxyl groups excluding tert-OH is 1. The van der Waals surface area contributed by atoms with Crippen molar-refractivity contribution in [1.82, 2.24) is 0 Å². The Hall–Kier alpha value is -1.21. The Morgan fingerprint density at radius 3 is 2.75 bits per heavy atom. The Bertz CT molecular complexity index is 741. The molecule has 2 bridgehead atoms. The molecule has 28 heavy (non-hydrogen) atoms. The van der Waals surface area contributed by atoms with Gasteiger partial charge in [0.1, 0.15) is 0 Å². The number of hydrogen-bond acceptors (Lipinski definition) is 6. The zero-order valence-electron chi connectivity index (χ0n) is 17.3. The molecule has 2 N–H and O–H groups in total. The molecule has 4 aliphatic rings. The third kappa shape index (κ3) is 2.51. The van der Waals surface area contributed by atoms with Crippen LogP contribution in [-0.2, 0) is 19.0 Å². The number of hydrogen-bond donors (Lipinski definition) is 2. The lowest BCUT2D eigenvalue weighted by atomic mass is 9.54. The molecule has 4 rings (SSSR count). The maximum absolute atomic E-state index is 11.8. The van der Waals surface area contributed by atoms with Crippen molar-refractivity contribution in [2.45, 2.75) is 95.6 Å². The van der Waals surface area contributed by atoms with E-state index in [9.17, 15) is 15.0 Å². The van der Waals surface area contributed by atoms with Crippen molar-refractivity contribution in [3.05, 3.63) is 23.8 Å². The molecule has 0 radical (unpaired) electrons. The van der Waals surface area contributed by atoms with Crippen LogP contribution in [-0.4, -0.2) is 45.6 Å². The van der Waals surface area contributed by atoms with Crippen LogP contribution in [0.15, 0.2) is 23.8 Å². The Kier molecular flexibility index (Phi) is 4.41. The Balaban J connectivity index is 1.80. The van der Waals surface area contributed by atoms with Crippen molar-refractivity contribution >= 4 is 5.97 Å². The molecule has 2 saturated heterocycles. The highest BCUT2D eigenvalue weighted by molar-refractivity contribution is 5.66. The van der Waals surface area contributed by atoms with Crippen molar-refractivity contribution < 1.29 is 29.2 Å². The fraction of sp³-hybridized carbons (Fsp3) is 0.773. The highest BCUT2D eigenvalue weighted by Crippen LogP contribution is 2.77. The predicted molar refractivity (Wildman–Crippen MR) is 102 cm³/mol. The van der Waals surface area contributed by atoms with Crippen molar-refractivity contribution in [2.24, 2.45) is 11.3 Å². The zero-order chi connectivity index (χ0) is 20.5. The number of carbonyl (C=O) groups is 1. The van der Waals surface area contributed by atoms with Crippen molar-refractivity contribution in [2.75, 3.05) is 0 Å².